The van der Waals surface area contributed by atoms with E-state index in [1.54, 1.807) is 0 Å². The van der Waals surface area contributed by atoms with Crippen molar-refractivity contribution in [3.8, 4) is 0 Å². The predicted octanol–water partition coefficient (Wildman–Crippen LogP) is 1.66. The molecule has 0 saturated heterocycles. The molecule has 0 saturated carbocycles. The van der Waals surface area contributed by atoms with Gasteiger partial charge in [-0.15, -0.1) is 0 Å². The molecule has 0 bridgehead atoms. The number of thioether (sulfide) groups is 1. The molecular formula is C6H14N2S. The first kappa shape index (κ1) is 8.82. The van der Waals surface area contributed by atoms with Crippen LogP contribution in [0.25, 0.3) is 0 Å². The first-order chi connectivity index (χ1) is 4.16. The molecule has 0 aliphatic carbocycles. The third kappa shape index (κ3) is 5.69. The highest BCUT2D eigenvalue weighted by atomic mass is 32.2. The summed E-state index contributed by atoms with van der Waals surface area (Å²) in [7, 11) is 0. The first-order valence-electron chi connectivity index (χ1n) is 3.13. The quantitative estimate of drug-likeness (QED) is 0.470. The van der Waals surface area contributed by atoms with E-state index in [-0.39, 0.29) is 5.17 Å². The van der Waals surface area contributed by atoms with E-state index in [0.717, 1.165) is 5.75 Å². The Kier molecular flexibility index (Phi) is 4.58. The van der Waals surface area contributed by atoms with Crippen molar-refractivity contribution in [2.24, 2.45) is 11.7 Å². The molecule has 0 fully saturated rings. The van der Waals surface area contributed by atoms with Crippen LogP contribution in [0.3, 0.4) is 0 Å². The molecule has 9 heavy (non-hydrogen) atoms. The van der Waals surface area contributed by atoms with Crippen LogP contribution in [0.4, 0.5) is 0 Å². The van der Waals surface area contributed by atoms with Crippen LogP contribution in [0, 0.1) is 11.3 Å². The van der Waals surface area contributed by atoms with E-state index >= 15 is 0 Å². The smallest absolute Gasteiger partial charge is 0.151 e. The van der Waals surface area contributed by atoms with Gasteiger partial charge in [0.2, 0.25) is 0 Å². The van der Waals surface area contributed by atoms with Gasteiger partial charge >= 0.3 is 0 Å². The zero-order chi connectivity index (χ0) is 7.28. The van der Waals surface area contributed by atoms with Crippen LogP contribution in [0.2, 0.25) is 0 Å². The molecule has 0 aromatic rings. The van der Waals surface area contributed by atoms with E-state index in [4.69, 9.17) is 11.1 Å². The maximum Gasteiger partial charge on any atom is 0.151 e. The minimum absolute atomic E-state index is 0.232. The van der Waals surface area contributed by atoms with Gasteiger partial charge in [0.1, 0.15) is 0 Å². The second-order valence-electron chi connectivity index (χ2n) is 2.19. The summed E-state index contributed by atoms with van der Waals surface area (Å²) >= 11 is 1.43. The number of hydrogen-bond donors (Lipinski definition) is 2. The molecule has 0 spiro atoms. The van der Waals surface area contributed by atoms with Gasteiger partial charge < -0.3 is 5.73 Å². The molecule has 0 aliphatic heterocycles. The van der Waals surface area contributed by atoms with Gasteiger partial charge in [-0.05, 0) is 5.92 Å². The van der Waals surface area contributed by atoms with Crippen molar-refractivity contribution < 1.29 is 0 Å². The van der Waals surface area contributed by atoms with Crippen LogP contribution in [0.15, 0.2) is 0 Å². The highest BCUT2D eigenvalue weighted by Crippen LogP contribution is 2.09. The Labute approximate surface area is 60.7 Å². The number of nitrogens with two attached hydrogens (primary N) is 1. The van der Waals surface area contributed by atoms with Gasteiger partial charge in [-0.2, -0.15) is 0 Å². The number of hydrogen-bond acceptors (Lipinski definition) is 2. The van der Waals surface area contributed by atoms with E-state index in [1.807, 2.05) is 0 Å². The lowest BCUT2D eigenvalue weighted by molar-refractivity contribution is 0.638. The molecule has 0 aromatic heterocycles. The molecule has 0 aromatic carbocycles. The summed E-state index contributed by atoms with van der Waals surface area (Å²) < 4.78 is 0. The zero-order valence-electron chi connectivity index (χ0n) is 5.98. The Morgan fingerprint density at radius 3 is 2.67 bits per heavy atom. The van der Waals surface area contributed by atoms with Gasteiger partial charge in [-0.3, -0.25) is 5.41 Å². The van der Waals surface area contributed by atoms with Crippen molar-refractivity contribution in [2.45, 2.75) is 20.3 Å². The summed E-state index contributed by atoms with van der Waals surface area (Å²) in [4.78, 5) is 0. The van der Waals surface area contributed by atoms with Crippen molar-refractivity contribution in [3.63, 3.8) is 0 Å². The summed E-state index contributed by atoms with van der Waals surface area (Å²) in [6.07, 6.45) is 1.17. The Hall–Kier alpha value is -0.180. The molecule has 0 radical (unpaired) electrons. The van der Waals surface area contributed by atoms with Gasteiger partial charge in [0.05, 0.1) is 0 Å². The van der Waals surface area contributed by atoms with Gasteiger partial charge in [0, 0.05) is 5.75 Å². The zero-order valence-corrected chi connectivity index (χ0v) is 6.79. The molecule has 0 unspecified atom stereocenters. The van der Waals surface area contributed by atoms with Gasteiger partial charge in [0.15, 0.2) is 5.17 Å². The molecule has 0 aliphatic rings. The summed E-state index contributed by atoms with van der Waals surface area (Å²) in [6, 6.07) is 0. The molecule has 2 nitrogen and oxygen atoms in total. The van der Waals surface area contributed by atoms with Crippen molar-refractivity contribution >= 4 is 16.9 Å². The average molecular weight is 146 g/mol. The lowest BCUT2D eigenvalue weighted by Gasteiger charge is -2.04. The number of rotatable bonds is 3. The Morgan fingerprint density at radius 2 is 2.33 bits per heavy atom. The first-order valence-corrected chi connectivity index (χ1v) is 4.12. The van der Waals surface area contributed by atoms with Crippen LogP contribution in [-0.4, -0.2) is 10.9 Å². The van der Waals surface area contributed by atoms with Crippen LogP contribution in [-0.2, 0) is 0 Å². The topological polar surface area (TPSA) is 49.9 Å². The Balaban J connectivity index is 3.16. The van der Waals surface area contributed by atoms with Crippen LogP contribution >= 0.6 is 11.8 Å². The van der Waals surface area contributed by atoms with E-state index in [0.29, 0.717) is 5.92 Å². The molecule has 0 rings (SSSR count). The van der Waals surface area contributed by atoms with Crippen molar-refractivity contribution in [3.05, 3.63) is 0 Å². The van der Waals surface area contributed by atoms with E-state index in [9.17, 15) is 0 Å². The van der Waals surface area contributed by atoms with Crippen molar-refractivity contribution in [1.29, 1.82) is 5.41 Å². The SMILES string of the molecule is CC[C@@H](C)CSC(=N)N. The summed E-state index contributed by atoms with van der Waals surface area (Å²) in [5.41, 5.74) is 5.14. The standard InChI is InChI=1S/C6H14N2S/c1-3-5(2)4-9-6(7)8/h5H,3-4H2,1-2H3,(H3,7,8)/t5-/m1/s1. The second-order valence-corrected chi connectivity index (χ2v) is 3.25. The molecule has 0 amide bonds. The van der Waals surface area contributed by atoms with Crippen molar-refractivity contribution in [2.75, 3.05) is 5.75 Å². The maximum absolute atomic E-state index is 6.90. The van der Waals surface area contributed by atoms with E-state index in [2.05, 4.69) is 13.8 Å². The van der Waals surface area contributed by atoms with Gasteiger partial charge in [0.25, 0.3) is 0 Å². The molecule has 54 valence electrons. The normalized spacial score (nSPS) is 13.1. The fourth-order valence-corrected chi connectivity index (χ4v) is 1.05. The van der Waals surface area contributed by atoms with Crippen LogP contribution in [0.1, 0.15) is 20.3 Å². The lowest BCUT2D eigenvalue weighted by Crippen LogP contribution is -2.07. The van der Waals surface area contributed by atoms with Crippen LogP contribution in [0.5, 0.6) is 0 Å². The summed E-state index contributed by atoms with van der Waals surface area (Å²) in [5.74, 6) is 1.66. The highest BCUT2D eigenvalue weighted by Gasteiger charge is 1.98. The predicted molar refractivity (Wildman–Crippen MR) is 43.8 cm³/mol. The largest absolute Gasteiger partial charge is 0.379 e. The summed E-state index contributed by atoms with van der Waals surface area (Å²) in [5, 5.41) is 7.14. The lowest BCUT2D eigenvalue weighted by atomic mass is 10.2. The maximum atomic E-state index is 6.90. The minimum Gasteiger partial charge on any atom is -0.379 e. The fourth-order valence-electron chi connectivity index (χ4n) is 0.350. The molecule has 3 N–H and O–H groups in total. The number of amidine groups is 1. The number of nitrogens with one attached hydrogen (secondary N) is 1. The Bertz CT molecular complexity index is 93.1. The molecule has 3 heteroatoms. The van der Waals surface area contributed by atoms with Crippen molar-refractivity contribution in [1.82, 2.24) is 0 Å². The highest BCUT2D eigenvalue weighted by molar-refractivity contribution is 8.13. The average Bonchev–Trinajstić information content (AvgIpc) is 1.83. The third-order valence-corrected chi connectivity index (χ3v) is 2.27. The van der Waals surface area contributed by atoms with Gasteiger partial charge in [-0.1, -0.05) is 32.0 Å². The minimum atomic E-state index is 0.232. The molecule has 0 heterocycles. The second kappa shape index (κ2) is 4.68. The fraction of sp³-hybridized carbons (Fsp3) is 0.833. The van der Waals surface area contributed by atoms with E-state index < -0.39 is 0 Å². The van der Waals surface area contributed by atoms with Gasteiger partial charge in [-0.25, -0.2) is 0 Å². The summed E-state index contributed by atoms with van der Waals surface area (Å²) in [6.45, 7) is 4.31. The van der Waals surface area contributed by atoms with E-state index in [1.165, 1.54) is 18.2 Å². The van der Waals surface area contributed by atoms with Crippen LogP contribution < -0.4 is 5.73 Å². The third-order valence-electron chi connectivity index (χ3n) is 1.22. The molecule has 1 atom stereocenters. The monoisotopic (exact) mass is 146 g/mol. The Morgan fingerprint density at radius 1 is 1.78 bits per heavy atom. The molecular weight excluding hydrogens is 132 g/mol.